The zero-order valence-electron chi connectivity index (χ0n) is 4.54. The van der Waals surface area contributed by atoms with Gasteiger partial charge in [-0.2, -0.15) is 4.51 Å². The minimum absolute atomic E-state index is 0.381. The first kappa shape index (κ1) is 6.58. The third-order valence-corrected chi connectivity index (χ3v) is 1.94. The van der Waals surface area contributed by atoms with Crippen LogP contribution in [0.4, 0.5) is 0 Å². The highest BCUT2D eigenvalue weighted by Gasteiger charge is 1.95. The highest BCUT2D eigenvalue weighted by atomic mass is 35.5. The maximum atomic E-state index is 5.37. The fourth-order valence-electron chi connectivity index (χ4n) is 0.466. The molecule has 0 bridgehead atoms. The highest BCUT2D eigenvalue weighted by molar-refractivity contribution is 7.12. The fourth-order valence-corrected chi connectivity index (χ4v) is 1.23. The van der Waals surface area contributed by atoms with Crippen molar-refractivity contribution in [2.75, 3.05) is 0 Å². The van der Waals surface area contributed by atoms with E-state index in [1.807, 2.05) is 17.5 Å². The number of amidine groups is 1. The van der Waals surface area contributed by atoms with Crippen molar-refractivity contribution >= 4 is 28.9 Å². The first-order valence-electron chi connectivity index (χ1n) is 2.33. The Morgan fingerprint density at radius 2 is 2.56 bits per heavy atom. The van der Waals surface area contributed by atoms with Gasteiger partial charge in [0, 0.05) is 11.8 Å². The first-order valence-corrected chi connectivity index (χ1v) is 3.54. The van der Waals surface area contributed by atoms with E-state index >= 15 is 0 Å². The molecule has 1 aromatic rings. The first-order chi connectivity index (χ1) is 4.34. The molecule has 2 nitrogen and oxygen atoms in total. The zero-order chi connectivity index (χ0) is 6.69. The lowest BCUT2D eigenvalue weighted by Gasteiger charge is -1.87. The van der Waals surface area contributed by atoms with E-state index in [9.17, 15) is 0 Å². The molecule has 1 aromatic heterocycles. The van der Waals surface area contributed by atoms with E-state index in [0.717, 1.165) is 4.88 Å². The predicted molar refractivity (Wildman–Crippen MR) is 40.9 cm³/mol. The third-order valence-electron chi connectivity index (χ3n) is 0.865. The molecule has 2 N–H and O–H groups in total. The van der Waals surface area contributed by atoms with Gasteiger partial charge in [-0.25, -0.2) is 0 Å². The number of nitrogens with zero attached hydrogens (tertiary/aromatic N) is 1. The van der Waals surface area contributed by atoms with Crippen LogP contribution in [-0.2, 0) is 0 Å². The Hall–Kier alpha value is -0.540. The smallest absolute Gasteiger partial charge is 0.155 e. The van der Waals surface area contributed by atoms with Gasteiger partial charge in [-0.05, 0) is 11.4 Å². The van der Waals surface area contributed by atoms with Gasteiger partial charge < -0.3 is 5.73 Å². The van der Waals surface area contributed by atoms with Crippen LogP contribution in [0.1, 0.15) is 4.88 Å². The van der Waals surface area contributed by atoms with Crippen molar-refractivity contribution in [1.29, 1.82) is 0 Å². The maximum Gasteiger partial charge on any atom is 0.155 e. The number of hydrogen-bond donors (Lipinski definition) is 1. The van der Waals surface area contributed by atoms with Gasteiger partial charge in [0.05, 0.1) is 4.88 Å². The van der Waals surface area contributed by atoms with Crippen molar-refractivity contribution in [3.05, 3.63) is 22.4 Å². The summed E-state index contributed by atoms with van der Waals surface area (Å²) in [4.78, 5) is 0.907. The Morgan fingerprint density at radius 3 is 3.00 bits per heavy atom. The molecule has 0 radical (unpaired) electrons. The van der Waals surface area contributed by atoms with E-state index in [4.69, 9.17) is 17.5 Å². The Kier molecular flexibility index (Phi) is 2.08. The molecule has 0 fully saturated rings. The summed E-state index contributed by atoms with van der Waals surface area (Å²) in [6, 6.07) is 3.76. The molecule has 0 saturated heterocycles. The van der Waals surface area contributed by atoms with E-state index in [0.29, 0.717) is 5.84 Å². The van der Waals surface area contributed by atoms with E-state index in [-0.39, 0.29) is 0 Å². The van der Waals surface area contributed by atoms with E-state index in [2.05, 4.69) is 4.51 Å². The second-order valence-corrected chi connectivity index (χ2v) is 2.56. The van der Waals surface area contributed by atoms with Gasteiger partial charge in [-0.15, -0.1) is 11.3 Å². The summed E-state index contributed by atoms with van der Waals surface area (Å²) in [6.45, 7) is 0. The molecule has 9 heavy (non-hydrogen) atoms. The molecule has 1 rings (SSSR count). The SMILES string of the molecule is N/C(=N/Cl)c1cccs1. The molecule has 0 unspecified atom stereocenters. The van der Waals surface area contributed by atoms with Crippen LogP contribution in [0.2, 0.25) is 0 Å². The topological polar surface area (TPSA) is 38.4 Å². The minimum Gasteiger partial charge on any atom is -0.382 e. The average molecular weight is 161 g/mol. The van der Waals surface area contributed by atoms with Gasteiger partial charge in [-0.1, -0.05) is 6.07 Å². The van der Waals surface area contributed by atoms with Crippen molar-refractivity contribution in [2.45, 2.75) is 0 Å². The Bertz CT molecular complexity index is 205. The van der Waals surface area contributed by atoms with Crippen LogP contribution in [-0.4, -0.2) is 5.84 Å². The van der Waals surface area contributed by atoms with E-state index < -0.39 is 0 Å². The second-order valence-electron chi connectivity index (χ2n) is 1.45. The van der Waals surface area contributed by atoms with Gasteiger partial charge in [-0.3, -0.25) is 0 Å². The lowest BCUT2D eigenvalue weighted by atomic mass is 10.4. The monoisotopic (exact) mass is 160 g/mol. The van der Waals surface area contributed by atoms with Crippen LogP contribution in [0.3, 0.4) is 0 Å². The maximum absolute atomic E-state index is 5.37. The highest BCUT2D eigenvalue weighted by Crippen LogP contribution is 2.07. The van der Waals surface area contributed by atoms with Crippen LogP contribution in [0.15, 0.2) is 22.0 Å². The fraction of sp³-hybridized carbons (Fsp3) is 0. The number of hydrogen-bond acceptors (Lipinski definition) is 2. The van der Waals surface area contributed by atoms with Gasteiger partial charge in [0.15, 0.2) is 5.84 Å². The third kappa shape index (κ3) is 1.43. The van der Waals surface area contributed by atoms with Crippen LogP contribution in [0, 0.1) is 0 Å². The van der Waals surface area contributed by atoms with Gasteiger partial charge in [0.2, 0.25) is 0 Å². The van der Waals surface area contributed by atoms with Gasteiger partial charge >= 0.3 is 0 Å². The average Bonchev–Trinajstić information content (AvgIpc) is 2.37. The Labute approximate surface area is 62.1 Å². The van der Waals surface area contributed by atoms with Crippen LogP contribution in [0.5, 0.6) is 0 Å². The molecule has 0 aliphatic rings. The predicted octanol–water partition coefficient (Wildman–Crippen LogP) is 1.61. The number of halogens is 1. The van der Waals surface area contributed by atoms with Crippen molar-refractivity contribution in [2.24, 2.45) is 10.2 Å². The number of nitrogens with two attached hydrogens (primary N) is 1. The van der Waals surface area contributed by atoms with Crippen molar-refractivity contribution in [3.8, 4) is 0 Å². The summed E-state index contributed by atoms with van der Waals surface area (Å²) < 4.78 is 3.31. The van der Waals surface area contributed by atoms with E-state index in [1.54, 1.807) is 0 Å². The summed E-state index contributed by atoms with van der Waals surface area (Å²) in [7, 11) is 0. The van der Waals surface area contributed by atoms with Crippen LogP contribution in [0.25, 0.3) is 0 Å². The van der Waals surface area contributed by atoms with Gasteiger partial charge in [0.1, 0.15) is 0 Å². The van der Waals surface area contributed by atoms with Crippen molar-refractivity contribution < 1.29 is 0 Å². The summed E-state index contributed by atoms with van der Waals surface area (Å²) >= 11 is 6.63. The molecule has 1 heterocycles. The Balaban J connectivity index is 2.90. The van der Waals surface area contributed by atoms with Crippen molar-refractivity contribution in [1.82, 2.24) is 0 Å². The lowest BCUT2D eigenvalue weighted by molar-refractivity contribution is 1.65. The minimum atomic E-state index is 0.381. The Morgan fingerprint density at radius 1 is 1.78 bits per heavy atom. The molecule has 0 aliphatic heterocycles. The summed E-state index contributed by atoms with van der Waals surface area (Å²) in [5.41, 5.74) is 5.37. The molecule has 0 spiro atoms. The number of thiophene rings is 1. The molecule has 0 amide bonds. The molecular formula is C5H5ClN2S. The largest absolute Gasteiger partial charge is 0.382 e. The molecule has 48 valence electrons. The van der Waals surface area contributed by atoms with Crippen LogP contribution >= 0.6 is 23.1 Å². The molecule has 0 atom stereocenters. The molecule has 0 aromatic carbocycles. The zero-order valence-corrected chi connectivity index (χ0v) is 6.12. The quantitative estimate of drug-likeness (QED) is 0.492. The number of rotatable bonds is 1. The lowest BCUT2D eigenvalue weighted by Crippen LogP contribution is -2.09. The molecule has 0 saturated carbocycles. The standard InChI is InChI=1S/C5H5ClN2S/c6-8-5(7)4-2-1-3-9-4/h1-3H,(H2,7,8). The summed E-state index contributed by atoms with van der Waals surface area (Å²) in [6.07, 6.45) is 0. The summed E-state index contributed by atoms with van der Waals surface area (Å²) in [5, 5.41) is 1.92. The summed E-state index contributed by atoms with van der Waals surface area (Å²) in [5.74, 6) is 0.381. The molecule has 4 heteroatoms. The normalized spacial score (nSPS) is 11.9. The van der Waals surface area contributed by atoms with Crippen molar-refractivity contribution in [3.63, 3.8) is 0 Å². The van der Waals surface area contributed by atoms with E-state index in [1.165, 1.54) is 11.3 Å². The molecular weight excluding hydrogens is 156 g/mol. The second kappa shape index (κ2) is 2.85. The van der Waals surface area contributed by atoms with Gasteiger partial charge in [0.25, 0.3) is 0 Å². The van der Waals surface area contributed by atoms with Crippen LogP contribution < -0.4 is 5.73 Å². The molecule has 0 aliphatic carbocycles.